The summed E-state index contributed by atoms with van der Waals surface area (Å²) >= 11 is 0. The third kappa shape index (κ3) is 2.77. The number of amides is 2. The fourth-order valence-electron chi connectivity index (χ4n) is 1.85. The van der Waals surface area contributed by atoms with Gasteiger partial charge in [0.25, 0.3) is 5.91 Å². The first-order valence-corrected chi connectivity index (χ1v) is 5.96. The van der Waals surface area contributed by atoms with Crippen molar-refractivity contribution in [1.29, 1.82) is 0 Å². The van der Waals surface area contributed by atoms with Crippen LogP contribution >= 0.6 is 0 Å². The van der Waals surface area contributed by atoms with Gasteiger partial charge in [-0.05, 0) is 19.1 Å². The molecule has 0 radical (unpaired) electrons. The second-order valence-corrected chi connectivity index (χ2v) is 4.03. The Morgan fingerprint density at radius 2 is 2.44 bits per heavy atom. The summed E-state index contributed by atoms with van der Waals surface area (Å²) in [7, 11) is 0. The van der Waals surface area contributed by atoms with Crippen molar-refractivity contribution in [1.82, 2.24) is 15.6 Å². The van der Waals surface area contributed by atoms with E-state index in [0.29, 0.717) is 25.3 Å². The van der Waals surface area contributed by atoms with Crippen molar-refractivity contribution in [2.75, 3.05) is 31.1 Å². The molecule has 0 aromatic carbocycles. The molecule has 1 aliphatic heterocycles. The summed E-state index contributed by atoms with van der Waals surface area (Å²) in [5.41, 5.74) is 1.22. The second kappa shape index (κ2) is 5.48. The molecule has 6 nitrogen and oxygen atoms in total. The normalized spacial score (nSPS) is 15.2. The number of pyridine rings is 1. The Morgan fingerprint density at radius 3 is 3.17 bits per heavy atom. The minimum atomic E-state index is -0.194. The van der Waals surface area contributed by atoms with Crippen LogP contribution < -0.4 is 15.5 Å². The number of piperazine rings is 1. The van der Waals surface area contributed by atoms with E-state index in [1.807, 2.05) is 11.8 Å². The molecule has 1 aromatic rings. The largest absolute Gasteiger partial charge is 0.360 e. The molecule has 1 fully saturated rings. The van der Waals surface area contributed by atoms with Crippen molar-refractivity contribution in [3.8, 4) is 0 Å². The van der Waals surface area contributed by atoms with Crippen LogP contribution in [0.4, 0.5) is 5.69 Å². The van der Waals surface area contributed by atoms with Gasteiger partial charge < -0.3 is 15.5 Å². The zero-order valence-electron chi connectivity index (χ0n) is 10.3. The van der Waals surface area contributed by atoms with Gasteiger partial charge in [0.05, 0.1) is 6.54 Å². The maximum absolute atomic E-state index is 11.7. The number of hydrogen-bond donors (Lipinski definition) is 2. The van der Waals surface area contributed by atoms with E-state index < -0.39 is 0 Å². The molecular weight excluding hydrogens is 232 g/mol. The maximum atomic E-state index is 11.7. The monoisotopic (exact) mass is 248 g/mol. The summed E-state index contributed by atoms with van der Waals surface area (Å²) in [6, 6.07) is 3.52. The third-order valence-electron chi connectivity index (χ3n) is 2.72. The van der Waals surface area contributed by atoms with Gasteiger partial charge in [-0.3, -0.25) is 14.6 Å². The summed E-state index contributed by atoms with van der Waals surface area (Å²) in [6.45, 7) is 4.11. The van der Waals surface area contributed by atoms with Crippen molar-refractivity contribution in [3.63, 3.8) is 0 Å². The van der Waals surface area contributed by atoms with E-state index in [0.717, 1.165) is 12.2 Å². The zero-order chi connectivity index (χ0) is 13.0. The lowest BCUT2D eigenvalue weighted by molar-refractivity contribution is -0.120. The Labute approximate surface area is 105 Å². The van der Waals surface area contributed by atoms with Crippen LogP contribution in [0, 0.1) is 0 Å². The number of nitrogens with zero attached hydrogens (tertiary/aromatic N) is 2. The number of carbonyl (C=O) groups excluding carboxylic acids is 2. The van der Waals surface area contributed by atoms with Gasteiger partial charge in [0.15, 0.2) is 0 Å². The molecule has 0 atom stereocenters. The molecule has 0 aliphatic carbocycles. The van der Waals surface area contributed by atoms with E-state index in [1.165, 1.54) is 0 Å². The van der Waals surface area contributed by atoms with Crippen LogP contribution in [0.1, 0.15) is 17.4 Å². The number of aromatic nitrogens is 1. The lowest BCUT2D eigenvalue weighted by Gasteiger charge is -2.28. The SMILES string of the molecule is CCNC(=O)c1cc(N2CCNC(=O)C2)ccn1. The van der Waals surface area contributed by atoms with Gasteiger partial charge in [-0.2, -0.15) is 0 Å². The van der Waals surface area contributed by atoms with E-state index in [4.69, 9.17) is 0 Å². The van der Waals surface area contributed by atoms with Crippen LogP contribution in [-0.2, 0) is 4.79 Å². The molecule has 2 amide bonds. The van der Waals surface area contributed by atoms with Gasteiger partial charge in [-0.1, -0.05) is 0 Å². The van der Waals surface area contributed by atoms with Crippen molar-refractivity contribution < 1.29 is 9.59 Å². The molecule has 0 saturated carbocycles. The highest BCUT2D eigenvalue weighted by Crippen LogP contribution is 2.15. The Bertz CT molecular complexity index is 461. The van der Waals surface area contributed by atoms with Crippen LogP contribution in [0.2, 0.25) is 0 Å². The minimum Gasteiger partial charge on any atom is -0.360 e. The third-order valence-corrected chi connectivity index (χ3v) is 2.72. The summed E-state index contributed by atoms with van der Waals surface area (Å²) < 4.78 is 0. The zero-order valence-corrected chi connectivity index (χ0v) is 10.3. The fourth-order valence-corrected chi connectivity index (χ4v) is 1.85. The highest BCUT2D eigenvalue weighted by atomic mass is 16.2. The molecule has 1 saturated heterocycles. The molecule has 6 heteroatoms. The van der Waals surface area contributed by atoms with Crippen molar-refractivity contribution in [2.24, 2.45) is 0 Å². The number of carbonyl (C=O) groups is 2. The Hall–Kier alpha value is -2.11. The average Bonchev–Trinajstić information content (AvgIpc) is 2.39. The number of anilines is 1. The maximum Gasteiger partial charge on any atom is 0.269 e. The molecule has 2 N–H and O–H groups in total. The summed E-state index contributed by atoms with van der Waals surface area (Å²) in [4.78, 5) is 29.0. The first-order valence-electron chi connectivity index (χ1n) is 5.96. The molecule has 0 unspecified atom stereocenters. The van der Waals surface area contributed by atoms with Crippen molar-refractivity contribution in [2.45, 2.75) is 6.92 Å². The molecule has 1 aliphatic rings. The van der Waals surface area contributed by atoms with E-state index >= 15 is 0 Å². The number of hydrogen-bond acceptors (Lipinski definition) is 4. The predicted molar refractivity (Wildman–Crippen MR) is 67.5 cm³/mol. The number of rotatable bonds is 3. The molecule has 2 rings (SSSR count). The highest BCUT2D eigenvalue weighted by molar-refractivity contribution is 5.93. The summed E-state index contributed by atoms with van der Waals surface area (Å²) in [5.74, 6) is -0.196. The molecule has 96 valence electrons. The summed E-state index contributed by atoms with van der Waals surface area (Å²) in [6.07, 6.45) is 1.59. The van der Waals surface area contributed by atoms with E-state index in [1.54, 1.807) is 18.3 Å². The van der Waals surface area contributed by atoms with Gasteiger partial charge >= 0.3 is 0 Å². The van der Waals surface area contributed by atoms with E-state index in [2.05, 4.69) is 15.6 Å². The fraction of sp³-hybridized carbons (Fsp3) is 0.417. The minimum absolute atomic E-state index is 0.00220. The van der Waals surface area contributed by atoms with Crippen LogP contribution in [0.15, 0.2) is 18.3 Å². The topological polar surface area (TPSA) is 74.3 Å². The smallest absolute Gasteiger partial charge is 0.269 e. The standard InChI is InChI=1S/C12H16N4O2/c1-2-13-12(18)10-7-9(3-4-14-10)16-6-5-15-11(17)8-16/h3-4,7H,2,5-6,8H2,1H3,(H,13,18)(H,15,17). The first-order chi connectivity index (χ1) is 8.70. The highest BCUT2D eigenvalue weighted by Gasteiger charge is 2.17. The van der Waals surface area contributed by atoms with Crippen molar-refractivity contribution >= 4 is 17.5 Å². The van der Waals surface area contributed by atoms with E-state index in [9.17, 15) is 9.59 Å². The van der Waals surface area contributed by atoms with Crippen LogP contribution in [-0.4, -0.2) is 43.0 Å². The van der Waals surface area contributed by atoms with E-state index in [-0.39, 0.29) is 11.8 Å². The van der Waals surface area contributed by atoms with Gasteiger partial charge in [0, 0.05) is 31.5 Å². The summed E-state index contributed by atoms with van der Waals surface area (Å²) in [5, 5.41) is 5.47. The lowest BCUT2D eigenvalue weighted by Crippen LogP contribution is -2.47. The van der Waals surface area contributed by atoms with Gasteiger partial charge in [0.1, 0.15) is 5.69 Å². The predicted octanol–water partition coefficient (Wildman–Crippen LogP) is -0.232. The number of nitrogens with one attached hydrogen (secondary N) is 2. The molecule has 0 bridgehead atoms. The van der Waals surface area contributed by atoms with Crippen LogP contribution in [0.5, 0.6) is 0 Å². The van der Waals surface area contributed by atoms with Crippen LogP contribution in [0.25, 0.3) is 0 Å². The van der Waals surface area contributed by atoms with Gasteiger partial charge in [-0.25, -0.2) is 0 Å². The van der Waals surface area contributed by atoms with Gasteiger partial charge in [-0.15, -0.1) is 0 Å². The molecular formula is C12H16N4O2. The molecule has 2 heterocycles. The molecule has 0 spiro atoms. The first kappa shape index (κ1) is 12.3. The van der Waals surface area contributed by atoms with Gasteiger partial charge in [0.2, 0.25) is 5.91 Å². The lowest BCUT2D eigenvalue weighted by atomic mass is 10.2. The Balaban J connectivity index is 2.16. The molecule has 1 aromatic heterocycles. The second-order valence-electron chi connectivity index (χ2n) is 4.03. The average molecular weight is 248 g/mol. The quantitative estimate of drug-likeness (QED) is 0.774. The Morgan fingerprint density at radius 1 is 1.61 bits per heavy atom. The Kier molecular flexibility index (Phi) is 3.76. The molecule has 18 heavy (non-hydrogen) atoms. The van der Waals surface area contributed by atoms with Crippen LogP contribution in [0.3, 0.4) is 0 Å². The van der Waals surface area contributed by atoms with Crippen molar-refractivity contribution in [3.05, 3.63) is 24.0 Å².